The average Bonchev–Trinajstić information content (AvgIpc) is 2.73. The molecule has 1 aromatic carbocycles. The Hall–Kier alpha value is -1.79. The minimum atomic E-state index is 0.0506. The average molecular weight is 223 g/mol. The molecule has 0 amide bonds. The Bertz CT molecular complexity index is 543. The molecule has 0 unspecified atom stereocenters. The Kier molecular flexibility index (Phi) is 1.70. The Morgan fingerprint density at radius 2 is 2.18 bits per heavy atom. The molecule has 3 heterocycles. The number of nitrogens with zero attached hydrogens (tertiary/aromatic N) is 2. The van der Waals surface area contributed by atoms with Gasteiger partial charge in [0, 0.05) is 24.2 Å². The molecule has 1 saturated heterocycles. The number of nitriles is 1. The molecule has 0 spiro atoms. The van der Waals surface area contributed by atoms with Crippen molar-refractivity contribution in [2.24, 2.45) is 5.92 Å². The smallest absolute Gasteiger partial charge is 0.0906 e. The fraction of sp³-hybridized carbons (Fsp3) is 0.357. The van der Waals surface area contributed by atoms with E-state index < -0.39 is 0 Å². The van der Waals surface area contributed by atoms with Gasteiger partial charge >= 0.3 is 0 Å². The molecule has 0 aromatic heterocycles. The third-order valence-corrected chi connectivity index (χ3v) is 4.16. The fourth-order valence-corrected chi connectivity index (χ4v) is 3.35. The first-order valence-corrected chi connectivity index (χ1v) is 6.08. The Morgan fingerprint density at radius 1 is 1.29 bits per heavy atom. The fourth-order valence-electron chi connectivity index (χ4n) is 3.35. The van der Waals surface area contributed by atoms with Crippen LogP contribution in [0.4, 0.5) is 5.69 Å². The van der Waals surface area contributed by atoms with Crippen LogP contribution in [0.15, 0.2) is 36.4 Å². The summed E-state index contributed by atoms with van der Waals surface area (Å²) in [5.74, 6) is 0.497. The molecule has 2 bridgehead atoms. The van der Waals surface area contributed by atoms with Crippen molar-refractivity contribution in [1.82, 2.24) is 5.32 Å². The summed E-state index contributed by atoms with van der Waals surface area (Å²) in [5, 5.41) is 12.8. The lowest BCUT2D eigenvalue weighted by Gasteiger charge is -2.43. The maximum absolute atomic E-state index is 9.23. The summed E-state index contributed by atoms with van der Waals surface area (Å²) in [6.45, 7) is 0.844. The van der Waals surface area contributed by atoms with Crippen LogP contribution in [0, 0.1) is 17.2 Å². The molecule has 3 aliphatic rings. The van der Waals surface area contributed by atoms with E-state index in [9.17, 15) is 5.26 Å². The normalized spacial score (nSPS) is 36.5. The summed E-state index contributed by atoms with van der Waals surface area (Å²) in [4.78, 5) is 2.36. The monoisotopic (exact) mass is 223 g/mol. The lowest BCUT2D eigenvalue weighted by atomic mass is 9.88. The van der Waals surface area contributed by atoms with E-state index in [0.29, 0.717) is 12.1 Å². The van der Waals surface area contributed by atoms with Crippen LogP contribution >= 0.6 is 0 Å². The van der Waals surface area contributed by atoms with Gasteiger partial charge in [-0.2, -0.15) is 5.26 Å². The van der Waals surface area contributed by atoms with Crippen molar-refractivity contribution in [3.8, 4) is 6.07 Å². The molecule has 84 valence electrons. The zero-order chi connectivity index (χ0) is 11.4. The second-order valence-corrected chi connectivity index (χ2v) is 4.99. The summed E-state index contributed by atoms with van der Waals surface area (Å²) in [5.41, 5.74) is 2.68. The molecule has 4 rings (SSSR count). The van der Waals surface area contributed by atoms with Crippen molar-refractivity contribution in [2.75, 3.05) is 11.4 Å². The van der Waals surface area contributed by atoms with Crippen molar-refractivity contribution in [3.05, 3.63) is 42.0 Å². The number of fused-ring (bicyclic) bond motifs is 4. The lowest BCUT2D eigenvalue weighted by Crippen LogP contribution is -2.60. The Labute approximate surface area is 100 Å². The van der Waals surface area contributed by atoms with E-state index in [0.717, 1.165) is 6.54 Å². The highest BCUT2D eigenvalue weighted by molar-refractivity contribution is 5.64. The molecular formula is C14H13N3. The first-order valence-electron chi connectivity index (χ1n) is 6.08. The minimum Gasteiger partial charge on any atom is -0.353 e. The molecule has 1 fully saturated rings. The zero-order valence-electron chi connectivity index (χ0n) is 9.38. The molecule has 1 N–H and O–H groups in total. The number of hydrogen-bond donors (Lipinski definition) is 1. The van der Waals surface area contributed by atoms with Gasteiger partial charge in [-0.1, -0.05) is 30.4 Å². The molecule has 0 saturated carbocycles. The van der Waals surface area contributed by atoms with Crippen LogP contribution < -0.4 is 10.2 Å². The van der Waals surface area contributed by atoms with Crippen LogP contribution in [0.1, 0.15) is 11.5 Å². The second kappa shape index (κ2) is 3.12. The van der Waals surface area contributed by atoms with Gasteiger partial charge in [-0.25, -0.2) is 0 Å². The SMILES string of the molecule is N#C[C@@H]1CN2c3ccccc3[C@@H]3C=C[C@H]1N[C@@H]32. The quantitative estimate of drug-likeness (QED) is 0.679. The van der Waals surface area contributed by atoms with Gasteiger partial charge in [-0.05, 0) is 11.6 Å². The van der Waals surface area contributed by atoms with Gasteiger partial charge < -0.3 is 4.90 Å². The van der Waals surface area contributed by atoms with Crippen LogP contribution in [0.2, 0.25) is 0 Å². The van der Waals surface area contributed by atoms with Crippen LogP contribution in [-0.4, -0.2) is 18.8 Å². The summed E-state index contributed by atoms with van der Waals surface area (Å²) in [7, 11) is 0. The van der Waals surface area contributed by atoms with Gasteiger partial charge in [0.05, 0.1) is 18.2 Å². The van der Waals surface area contributed by atoms with Crippen LogP contribution in [0.5, 0.6) is 0 Å². The first-order chi connectivity index (χ1) is 8.38. The molecule has 3 aliphatic heterocycles. The number of benzene rings is 1. The van der Waals surface area contributed by atoms with Gasteiger partial charge in [0.1, 0.15) is 0 Å². The number of hydrogen-bond acceptors (Lipinski definition) is 3. The number of anilines is 1. The Balaban J connectivity index is 1.89. The van der Waals surface area contributed by atoms with Crippen molar-refractivity contribution in [2.45, 2.75) is 18.1 Å². The summed E-state index contributed by atoms with van der Waals surface area (Å²) < 4.78 is 0. The predicted octanol–water partition coefficient (Wildman–Crippen LogP) is 1.60. The Morgan fingerprint density at radius 3 is 3.06 bits per heavy atom. The predicted molar refractivity (Wildman–Crippen MR) is 65.5 cm³/mol. The first kappa shape index (κ1) is 9.26. The van der Waals surface area contributed by atoms with Crippen molar-refractivity contribution < 1.29 is 0 Å². The summed E-state index contributed by atoms with van der Waals surface area (Å²) in [6, 6.07) is 11.2. The topological polar surface area (TPSA) is 39.1 Å². The highest BCUT2D eigenvalue weighted by Crippen LogP contribution is 2.45. The van der Waals surface area contributed by atoms with Crippen LogP contribution in [0.25, 0.3) is 0 Å². The maximum atomic E-state index is 9.23. The van der Waals surface area contributed by atoms with E-state index in [4.69, 9.17) is 0 Å². The summed E-state index contributed by atoms with van der Waals surface area (Å²) >= 11 is 0. The van der Waals surface area contributed by atoms with E-state index in [1.807, 2.05) is 0 Å². The van der Waals surface area contributed by atoms with Gasteiger partial charge in [-0.3, -0.25) is 5.32 Å². The molecule has 4 atom stereocenters. The van der Waals surface area contributed by atoms with Crippen molar-refractivity contribution >= 4 is 5.69 Å². The van der Waals surface area contributed by atoms with Gasteiger partial charge in [0.2, 0.25) is 0 Å². The minimum absolute atomic E-state index is 0.0506. The molecule has 1 aromatic rings. The van der Waals surface area contributed by atoms with Crippen molar-refractivity contribution in [3.63, 3.8) is 0 Å². The molecular weight excluding hydrogens is 210 g/mol. The highest BCUT2D eigenvalue weighted by Gasteiger charge is 2.45. The van der Waals surface area contributed by atoms with E-state index in [1.54, 1.807) is 0 Å². The van der Waals surface area contributed by atoms with Gasteiger partial charge in [-0.15, -0.1) is 0 Å². The number of para-hydroxylation sites is 1. The van der Waals surface area contributed by atoms with Crippen molar-refractivity contribution in [1.29, 1.82) is 5.26 Å². The molecule has 3 nitrogen and oxygen atoms in total. The molecule has 0 aliphatic carbocycles. The zero-order valence-corrected chi connectivity index (χ0v) is 9.38. The van der Waals surface area contributed by atoms with E-state index in [2.05, 4.69) is 52.7 Å². The lowest BCUT2D eigenvalue weighted by molar-refractivity contribution is 0.315. The number of nitrogens with one attached hydrogen (secondary N) is 1. The molecule has 17 heavy (non-hydrogen) atoms. The highest BCUT2D eigenvalue weighted by atomic mass is 15.3. The molecule has 0 radical (unpaired) electrons. The standard InChI is InChI=1S/C14H13N3/c15-7-9-8-17-13-4-2-1-3-10(13)11-5-6-12(9)16-14(11)17/h1-6,9,11-12,14,16H,8H2/t9-,11+,12-,14-/m1/s1. The maximum Gasteiger partial charge on any atom is 0.0906 e. The summed E-state index contributed by atoms with van der Waals surface area (Å²) in [6.07, 6.45) is 4.80. The number of rotatable bonds is 0. The third-order valence-electron chi connectivity index (χ3n) is 4.16. The van der Waals surface area contributed by atoms with Crippen LogP contribution in [-0.2, 0) is 0 Å². The largest absolute Gasteiger partial charge is 0.353 e. The van der Waals surface area contributed by atoms with Gasteiger partial charge in [0.15, 0.2) is 0 Å². The van der Waals surface area contributed by atoms with E-state index in [-0.39, 0.29) is 12.0 Å². The van der Waals surface area contributed by atoms with Crippen LogP contribution in [0.3, 0.4) is 0 Å². The second-order valence-electron chi connectivity index (χ2n) is 4.99. The van der Waals surface area contributed by atoms with E-state index in [1.165, 1.54) is 11.3 Å². The van der Waals surface area contributed by atoms with E-state index >= 15 is 0 Å². The third kappa shape index (κ3) is 1.08. The van der Waals surface area contributed by atoms with Gasteiger partial charge in [0.25, 0.3) is 0 Å². The molecule has 3 heteroatoms.